The molecule has 0 saturated heterocycles. The van der Waals surface area contributed by atoms with E-state index in [4.69, 9.17) is 11.6 Å². The second-order valence-electron chi connectivity index (χ2n) is 2.10. The molecule has 0 radical (unpaired) electrons. The van der Waals surface area contributed by atoms with Gasteiger partial charge in [-0.05, 0) is 12.1 Å². The summed E-state index contributed by atoms with van der Waals surface area (Å²) >= 11 is 7.22. The van der Waals surface area contributed by atoms with Crippen LogP contribution in [-0.4, -0.2) is 15.2 Å². The topological polar surface area (TPSA) is 38.7 Å². The Hall–Kier alpha value is -1.000. The van der Waals surface area contributed by atoms with Crippen LogP contribution in [0.5, 0.6) is 0 Å². The molecule has 0 spiro atoms. The number of rotatable bonds is 1. The van der Waals surface area contributed by atoms with Crippen molar-refractivity contribution in [3.63, 3.8) is 0 Å². The summed E-state index contributed by atoms with van der Waals surface area (Å²) < 4.78 is 0. The Balaban J connectivity index is 2.48. The predicted molar refractivity (Wildman–Crippen MR) is 48.2 cm³/mol. The highest BCUT2D eigenvalue weighted by molar-refractivity contribution is 7.12. The maximum Gasteiger partial charge on any atom is 0.166 e. The van der Waals surface area contributed by atoms with Crippen LogP contribution in [0.1, 0.15) is 0 Å². The van der Waals surface area contributed by atoms with Crippen molar-refractivity contribution in [2.24, 2.45) is 0 Å². The van der Waals surface area contributed by atoms with Gasteiger partial charge in [0.1, 0.15) is 11.2 Å². The molecule has 2 heterocycles. The van der Waals surface area contributed by atoms with Crippen LogP contribution < -0.4 is 0 Å². The Morgan fingerprint density at radius 1 is 1.42 bits per heavy atom. The second-order valence-corrected chi connectivity index (χ2v) is 3.37. The zero-order valence-corrected chi connectivity index (χ0v) is 7.51. The lowest BCUT2D eigenvalue weighted by molar-refractivity contribution is 1.09. The minimum atomic E-state index is 0.662. The standard InChI is InChI=1S/C7H4ClN3S/c8-5-1-2-9-6(3-5)7-11-10-4-12-7/h1-4H. The van der Waals surface area contributed by atoms with Gasteiger partial charge in [0, 0.05) is 11.2 Å². The van der Waals surface area contributed by atoms with Crippen molar-refractivity contribution >= 4 is 22.9 Å². The third-order valence-electron chi connectivity index (χ3n) is 1.30. The van der Waals surface area contributed by atoms with Crippen molar-refractivity contribution in [2.75, 3.05) is 0 Å². The van der Waals surface area contributed by atoms with E-state index in [1.807, 2.05) is 0 Å². The van der Waals surface area contributed by atoms with E-state index >= 15 is 0 Å². The van der Waals surface area contributed by atoms with Crippen LogP contribution in [0, 0.1) is 0 Å². The molecule has 0 fully saturated rings. The van der Waals surface area contributed by atoms with E-state index in [-0.39, 0.29) is 0 Å². The first-order valence-corrected chi connectivity index (χ1v) is 4.50. The van der Waals surface area contributed by atoms with E-state index in [2.05, 4.69) is 15.2 Å². The van der Waals surface area contributed by atoms with Crippen LogP contribution in [-0.2, 0) is 0 Å². The van der Waals surface area contributed by atoms with E-state index < -0.39 is 0 Å². The third kappa shape index (κ3) is 1.44. The summed E-state index contributed by atoms with van der Waals surface area (Å²) in [6.07, 6.45) is 1.65. The first kappa shape index (κ1) is 7.64. The number of aromatic nitrogens is 3. The van der Waals surface area contributed by atoms with Crippen molar-refractivity contribution in [1.29, 1.82) is 0 Å². The highest BCUT2D eigenvalue weighted by Crippen LogP contribution is 2.20. The Kier molecular flexibility index (Phi) is 2.01. The van der Waals surface area contributed by atoms with Crippen molar-refractivity contribution in [3.8, 4) is 10.7 Å². The van der Waals surface area contributed by atoms with Crippen LogP contribution >= 0.6 is 22.9 Å². The van der Waals surface area contributed by atoms with E-state index in [0.29, 0.717) is 5.02 Å². The van der Waals surface area contributed by atoms with Crippen molar-refractivity contribution in [3.05, 3.63) is 28.9 Å². The molecule has 2 aromatic rings. The predicted octanol–water partition coefficient (Wildman–Crippen LogP) is 2.25. The molecule has 0 aliphatic rings. The fourth-order valence-electron chi connectivity index (χ4n) is 0.806. The van der Waals surface area contributed by atoms with Gasteiger partial charge >= 0.3 is 0 Å². The molecular formula is C7H4ClN3S. The van der Waals surface area contributed by atoms with Crippen molar-refractivity contribution < 1.29 is 0 Å². The minimum Gasteiger partial charge on any atom is -0.254 e. The second kappa shape index (κ2) is 3.16. The van der Waals surface area contributed by atoms with E-state index in [1.165, 1.54) is 11.3 Å². The first-order valence-electron chi connectivity index (χ1n) is 3.24. The molecule has 0 N–H and O–H groups in total. The molecule has 0 aromatic carbocycles. The summed E-state index contributed by atoms with van der Waals surface area (Å²) in [6.45, 7) is 0. The summed E-state index contributed by atoms with van der Waals surface area (Å²) in [4.78, 5) is 4.11. The largest absolute Gasteiger partial charge is 0.254 e. The number of hydrogen-bond acceptors (Lipinski definition) is 4. The lowest BCUT2D eigenvalue weighted by atomic mass is 10.4. The molecule has 0 atom stereocenters. The van der Waals surface area contributed by atoms with E-state index in [0.717, 1.165) is 10.7 Å². The third-order valence-corrected chi connectivity index (χ3v) is 2.25. The van der Waals surface area contributed by atoms with Gasteiger partial charge < -0.3 is 0 Å². The Bertz CT molecular complexity index is 374. The number of halogens is 1. The van der Waals surface area contributed by atoms with Crippen LogP contribution in [0.25, 0.3) is 10.7 Å². The lowest BCUT2D eigenvalue weighted by Gasteiger charge is -1.93. The SMILES string of the molecule is Clc1ccnc(-c2nncs2)c1. The summed E-state index contributed by atoms with van der Waals surface area (Å²) in [6, 6.07) is 3.49. The quantitative estimate of drug-likeness (QED) is 0.704. The van der Waals surface area contributed by atoms with E-state index in [9.17, 15) is 0 Å². The highest BCUT2D eigenvalue weighted by Gasteiger charge is 2.02. The molecule has 0 bridgehead atoms. The van der Waals surface area contributed by atoms with Gasteiger partial charge in [0.15, 0.2) is 5.01 Å². The normalized spacial score (nSPS) is 10.1. The Morgan fingerprint density at radius 2 is 2.33 bits per heavy atom. The molecule has 0 unspecified atom stereocenters. The van der Waals surface area contributed by atoms with Crippen LogP contribution in [0.4, 0.5) is 0 Å². The number of hydrogen-bond donors (Lipinski definition) is 0. The summed E-state index contributed by atoms with van der Waals surface area (Å²) in [5.74, 6) is 0. The fraction of sp³-hybridized carbons (Fsp3) is 0. The maximum absolute atomic E-state index is 5.78. The van der Waals surface area contributed by atoms with E-state index in [1.54, 1.807) is 23.8 Å². The van der Waals surface area contributed by atoms with Crippen molar-refractivity contribution in [1.82, 2.24) is 15.2 Å². The van der Waals surface area contributed by atoms with Gasteiger partial charge in [-0.15, -0.1) is 10.2 Å². The fourth-order valence-corrected chi connectivity index (χ4v) is 1.49. The highest BCUT2D eigenvalue weighted by atomic mass is 35.5. The van der Waals surface area contributed by atoms with Crippen LogP contribution in [0.15, 0.2) is 23.8 Å². The smallest absolute Gasteiger partial charge is 0.166 e. The summed E-state index contributed by atoms with van der Waals surface area (Å²) in [7, 11) is 0. The molecule has 0 amide bonds. The number of pyridine rings is 1. The van der Waals surface area contributed by atoms with Gasteiger partial charge in [-0.1, -0.05) is 22.9 Å². The average Bonchev–Trinajstić information content (AvgIpc) is 2.56. The van der Waals surface area contributed by atoms with Gasteiger partial charge in [0.25, 0.3) is 0 Å². The monoisotopic (exact) mass is 197 g/mol. The lowest BCUT2D eigenvalue weighted by Crippen LogP contribution is -1.81. The molecule has 0 aliphatic carbocycles. The molecule has 60 valence electrons. The molecule has 5 heteroatoms. The molecule has 2 rings (SSSR count). The van der Waals surface area contributed by atoms with Gasteiger partial charge in [0.05, 0.1) is 0 Å². The molecule has 2 aromatic heterocycles. The molecular weight excluding hydrogens is 194 g/mol. The van der Waals surface area contributed by atoms with Crippen LogP contribution in [0.2, 0.25) is 5.02 Å². The van der Waals surface area contributed by atoms with Gasteiger partial charge in [-0.2, -0.15) is 0 Å². The molecule has 3 nitrogen and oxygen atoms in total. The van der Waals surface area contributed by atoms with Crippen molar-refractivity contribution in [2.45, 2.75) is 0 Å². The minimum absolute atomic E-state index is 0.662. The Morgan fingerprint density at radius 3 is 3.00 bits per heavy atom. The average molecular weight is 198 g/mol. The zero-order chi connectivity index (χ0) is 8.39. The van der Waals surface area contributed by atoms with Gasteiger partial charge in [-0.25, -0.2) is 0 Å². The summed E-state index contributed by atoms with van der Waals surface area (Å²) in [5.41, 5.74) is 2.43. The summed E-state index contributed by atoms with van der Waals surface area (Å²) in [5, 5.41) is 9.04. The molecule has 12 heavy (non-hydrogen) atoms. The van der Waals surface area contributed by atoms with Gasteiger partial charge in [0.2, 0.25) is 0 Å². The van der Waals surface area contributed by atoms with Gasteiger partial charge in [-0.3, -0.25) is 4.98 Å². The molecule has 0 aliphatic heterocycles. The first-order chi connectivity index (χ1) is 5.86. The molecule has 0 saturated carbocycles. The number of nitrogens with zero attached hydrogens (tertiary/aromatic N) is 3. The zero-order valence-electron chi connectivity index (χ0n) is 5.94. The maximum atomic E-state index is 5.78. The van der Waals surface area contributed by atoms with Crippen LogP contribution in [0.3, 0.4) is 0 Å². The Labute approximate surface area is 78.1 Å².